The van der Waals surface area contributed by atoms with Gasteiger partial charge in [0.2, 0.25) is 0 Å². The van der Waals surface area contributed by atoms with Gasteiger partial charge in [-0.1, -0.05) is 34.1 Å². The first kappa shape index (κ1) is 24.6. The fraction of sp³-hybridized carbons (Fsp3) is 0.429. The summed E-state index contributed by atoms with van der Waals surface area (Å²) in [6.45, 7) is 0. The second kappa shape index (κ2) is 7.10. The van der Waals surface area contributed by atoms with E-state index in [2.05, 4.69) is 15.9 Å². The highest BCUT2D eigenvalue weighted by atomic mass is 79.9. The van der Waals surface area contributed by atoms with Gasteiger partial charge in [0.25, 0.3) is 0 Å². The van der Waals surface area contributed by atoms with Gasteiger partial charge in [-0.2, -0.15) is 57.1 Å². The zero-order valence-electron chi connectivity index (χ0n) is 12.8. The van der Waals surface area contributed by atoms with Crippen LogP contribution in [0.15, 0.2) is 34.8 Å². The maximum atomic E-state index is 13.5. The van der Waals surface area contributed by atoms with Crippen LogP contribution in [-0.2, 0) is 0 Å². The van der Waals surface area contributed by atoms with Crippen molar-refractivity contribution < 1.29 is 57.1 Å². The molecule has 0 aliphatic heterocycles. The highest BCUT2D eigenvalue weighted by Crippen LogP contribution is 2.60. The Balaban J connectivity index is 3.40. The summed E-state index contributed by atoms with van der Waals surface area (Å²) in [7, 11) is 0. The van der Waals surface area contributed by atoms with Gasteiger partial charge < -0.3 is 0 Å². The van der Waals surface area contributed by atoms with Crippen LogP contribution in [0.1, 0.15) is 5.56 Å². The van der Waals surface area contributed by atoms with Crippen LogP contribution >= 0.6 is 15.9 Å². The Morgan fingerprint density at radius 3 is 1.54 bits per heavy atom. The molecule has 1 aromatic rings. The number of rotatable bonds is 6. The lowest BCUT2D eigenvalue weighted by Gasteiger charge is -2.39. The van der Waals surface area contributed by atoms with Crippen molar-refractivity contribution in [1.29, 1.82) is 0 Å². The Hall–Kier alpha value is -1.47. The molecule has 0 spiro atoms. The molecule has 0 atom stereocenters. The van der Waals surface area contributed by atoms with Gasteiger partial charge in [-0.25, -0.2) is 0 Å². The van der Waals surface area contributed by atoms with Crippen molar-refractivity contribution in [3.8, 4) is 0 Å². The molecule has 0 heterocycles. The van der Waals surface area contributed by atoms with E-state index in [1.165, 1.54) is 12.1 Å². The molecule has 0 aromatic heterocycles. The second-order valence-electron chi connectivity index (χ2n) is 5.31. The summed E-state index contributed by atoms with van der Waals surface area (Å²) >= 11 is 2.84. The summed E-state index contributed by atoms with van der Waals surface area (Å²) in [4.78, 5) is 0. The maximum absolute atomic E-state index is 13.5. The van der Waals surface area contributed by atoms with Crippen LogP contribution in [-0.4, -0.2) is 35.8 Å². The van der Waals surface area contributed by atoms with E-state index in [1.54, 1.807) is 0 Å². The quantitative estimate of drug-likeness (QED) is 0.362. The lowest BCUT2D eigenvalue weighted by Crippen LogP contribution is -2.69. The summed E-state index contributed by atoms with van der Waals surface area (Å²) < 4.78 is 168. The van der Waals surface area contributed by atoms with Gasteiger partial charge in [-0.05, 0) is 23.8 Å². The molecular formula is C14H6BrF13. The predicted molar refractivity (Wildman–Crippen MR) is 74.0 cm³/mol. The zero-order chi connectivity index (χ0) is 22.4. The first-order valence-electron chi connectivity index (χ1n) is 6.63. The highest BCUT2D eigenvalue weighted by Gasteiger charge is 2.90. The fourth-order valence-corrected chi connectivity index (χ4v) is 2.11. The van der Waals surface area contributed by atoms with Crippen LogP contribution in [0.4, 0.5) is 57.1 Å². The summed E-state index contributed by atoms with van der Waals surface area (Å²) in [6, 6.07) is 4.49. The molecule has 0 aliphatic carbocycles. The molecule has 160 valence electrons. The average Bonchev–Trinajstić information content (AvgIpc) is 2.51. The van der Waals surface area contributed by atoms with Crippen LogP contribution in [0.3, 0.4) is 0 Å². The molecule has 0 bridgehead atoms. The summed E-state index contributed by atoms with van der Waals surface area (Å²) in [6.07, 6.45) is -8.36. The number of hydrogen-bond donors (Lipinski definition) is 0. The molecule has 0 radical (unpaired) electrons. The third kappa shape index (κ3) is 3.83. The molecular weight excluding hydrogens is 495 g/mol. The van der Waals surface area contributed by atoms with E-state index < -0.39 is 41.9 Å². The minimum atomic E-state index is -7.89. The molecule has 0 amide bonds. The number of halogens is 14. The SMILES string of the molecule is FC(F)(F)C(F)(F)C(F)(F)C(F)(F)C(F)(F)C(F)(F)/C=C/c1cccc(Br)c1. The molecule has 0 nitrogen and oxygen atoms in total. The fourth-order valence-electron chi connectivity index (χ4n) is 1.70. The van der Waals surface area contributed by atoms with Crippen LogP contribution in [0, 0.1) is 0 Å². The van der Waals surface area contributed by atoms with E-state index in [4.69, 9.17) is 0 Å². The van der Waals surface area contributed by atoms with E-state index >= 15 is 0 Å². The van der Waals surface area contributed by atoms with Crippen molar-refractivity contribution >= 4 is 22.0 Å². The number of alkyl halides is 13. The number of benzene rings is 1. The van der Waals surface area contributed by atoms with Crippen LogP contribution in [0.2, 0.25) is 0 Å². The normalized spacial score (nSPS) is 15.4. The molecule has 14 heteroatoms. The van der Waals surface area contributed by atoms with Crippen molar-refractivity contribution in [1.82, 2.24) is 0 Å². The lowest BCUT2D eigenvalue weighted by atomic mass is 9.93. The van der Waals surface area contributed by atoms with E-state index in [0.29, 0.717) is 0 Å². The largest absolute Gasteiger partial charge is 0.460 e. The predicted octanol–water partition coefficient (Wildman–Crippen LogP) is 7.20. The second-order valence-corrected chi connectivity index (χ2v) is 6.22. The van der Waals surface area contributed by atoms with Gasteiger partial charge >= 0.3 is 35.8 Å². The van der Waals surface area contributed by atoms with E-state index in [9.17, 15) is 57.1 Å². The molecule has 0 saturated heterocycles. The van der Waals surface area contributed by atoms with Crippen LogP contribution in [0.5, 0.6) is 0 Å². The average molecular weight is 501 g/mol. The highest BCUT2D eigenvalue weighted by molar-refractivity contribution is 9.10. The minimum absolute atomic E-state index is 0.0643. The van der Waals surface area contributed by atoms with Crippen molar-refractivity contribution in [3.05, 3.63) is 40.4 Å². The van der Waals surface area contributed by atoms with Crippen molar-refractivity contribution in [2.24, 2.45) is 0 Å². The summed E-state index contributed by atoms with van der Waals surface area (Å²) in [5, 5.41) is 0. The Bertz CT molecular complexity index is 733. The smallest absolute Gasteiger partial charge is 0.195 e. The molecule has 1 aromatic carbocycles. The number of allylic oxidation sites excluding steroid dienone is 1. The Morgan fingerprint density at radius 1 is 0.643 bits per heavy atom. The van der Waals surface area contributed by atoms with Gasteiger partial charge in [0.05, 0.1) is 0 Å². The standard InChI is InChI=1S/C14H6BrF13/c15-8-3-1-2-7(6-8)4-5-9(16,17)10(18,19)11(20,21)12(22,23)13(24,25)14(26,27)28/h1-6H/b5-4+. The number of hydrogen-bond acceptors (Lipinski definition) is 0. The molecule has 28 heavy (non-hydrogen) atoms. The Morgan fingerprint density at radius 2 is 1.11 bits per heavy atom. The minimum Gasteiger partial charge on any atom is -0.195 e. The van der Waals surface area contributed by atoms with Crippen molar-refractivity contribution in [2.75, 3.05) is 0 Å². The van der Waals surface area contributed by atoms with Gasteiger partial charge in [0.15, 0.2) is 0 Å². The van der Waals surface area contributed by atoms with E-state index in [0.717, 1.165) is 12.1 Å². The molecule has 0 N–H and O–H groups in total. The first-order chi connectivity index (χ1) is 12.2. The summed E-state index contributed by atoms with van der Waals surface area (Å²) in [5.74, 6) is -37.0. The zero-order valence-corrected chi connectivity index (χ0v) is 14.3. The molecule has 1 rings (SSSR count). The van der Waals surface area contributed by atoms with Crippen LogP contribution < -0.4 is 0 Å². The maximum Gasteiger partial charge on any atom is 0.460 e. The summed E-state index contributed by atoms with van der Waals surface area (Å²) in [5.41, 5.74) is -0.333. The Kier molecular flexibility index (Phi) is 6.23. The van der Waals surface area contributed by atoms with Gasteiger partial charge in [-0.15, -0.1) is 0 Å². The van der Waals surface area contributed by atoms with Gasteiger partial charge in [0, 0.05) is 4.47 Å². The molecule has 0 fully saturated rings. The van der Waals surface area contributed by atoms with E-state index in [1.807, 2.05) is 0 Å². The van der Waals surface area contributed by atoms with Gasteiger partial charge in [-0.3, -0.25) is 0 Å². The molecule has 0 aliphatic rings. The van der Waals surface area contributed by atoms with Crippen molar-refractivity contribution in [3.63, 3.8) is 0 Å². The monoisotopic (exact) mass is 500 g/mol. The first-order valence-corrected chi connectivity index (χ1v) is 7.42. The van der Waals surface area contributed by atoms with Crippen molar-refractivity contribution in [2.45, 2.75) is 35.8 Å². The van der Waals surface area contributed by atoms with E-state index in [-0.39, 0.29) is 16.1 Å². The van der Waals surface area contributed by atoms with Crippen LogP contribution in [0.25, 0.3) is 6.08 Å². The third-order valence-electron chi connectivity index (χ3n) is 3.29. The molecule has 0 unspecified atom stereocenters. The van der Waals surface area contributed by atoms with Gasteiger partial charge in [0.1, 0.15) is 0 Å². The Labute approximate surface area is 156 Å². The lowest BCUT2D eigenvalue weighted by molar-refractivity contribution is -0.436. The molecule has 0 saturated carbocycles. The third-order valence-corrected chi connectivity index (χ3v) is 3.78. The topological polar surface area (TPSA) is 0 Å².